The second-order valence-electron chi connectivity index (χ2n) is 2.98. The SMILES string of the molecule is CNC(=O)CCN1CC(=O)C=CC1=O. The lowest BCUT2D eigenvalue weighted by atomic mass is 10.2. The van der Waals surface area contributed by atoms with Crippen LogP contribution in [0.15, 0.2) is 12.2 Å². The zero-order valence-corrected chi connectivity index (χ0v) is 7.95. The lowest BCUT2D eigenvalue weighted by Gasteiger charge is -2.21. The Morgan fingerprint density at radius 3 is 2.86 bits per heavy atom. The molecule has 0 atom stereocenters. The Kier molecular flexibility index (Phi) is 3.39. The highest BCUT2D eigenvalue weighted by atomic mass is 16.2. The minimum atomic E-state index is -0.214. The molecule has 0 fully saturated rings. The van der Waals surface area contributed by atoms with E-state index in [-0.39, 0.29) is 37.1 Å². The van der Waals surface area contributed by atoms with Gasteiger partial charge in [-0.15, -0.1) is 0 Å². The number of carbonyl (C=O) groups is 3. The largest absolute Gasteiger partial charge is 0.359 e. The Balaban J connectivity index is 2.45. The van der Waals surface area contributed by atoms with Crippen LogP contribution in [0.2, 0.25) is 0 Å². The van der Waals surface area contributed by atoms with E-state index in [1.807, 2.05) is 0 Å². The van der Waals surface area contributed by atoms with E-state index < -0.39 is 0 Å². The average molecular weight is 196 g/mol. The normalized spacial score (nSPS) is 15.9. The molecular formula is C9H12N2O3. The highest BCUT2D eigenvalue weighted by Crippen LogP contribution is 2.01. The second-order valence-corrected chi connectivity index (χ2v) is 2.98. The van der Waals surface area contributed by atoms with Gasteiger partial charge in [-0.1, -0.05) is 0 Å². The Morgan fingerprint density at radius 1 is 1.50 bits per heavy atom. The van der Waals surface area contributed by atoms with Crippen LogP contribution >= 0.6 is 0 Å². The van der Waals surface area contributed by atoms with Gasteiger partial charge in [0.25, 0.3) is 0 Å². The van der Waals surface area contributed by atoms with Crippen molar-refractivity contribution in [3.05, 3.63) is 12.2 Å². The molecule has 1 heterocycles. The van der Waals surface area contributed by atoms with Gasteiger partial charge in [-0.05, 0) is 6.08 Å². The van der Waals surface area contributed by atoms with Crippen LogP contribution in [0, 0.1) is 0 Å². The second kappa shape index (κ2) is 4.55. The van der Waals surface area contributed by atoms with E-state index in [0.717, 1.165) is 0 Å². The van der Waals surface area contributed by atoms with Crippen molar-refractivity contribution in [1.29, 1.82) is 0 Å². The van der Waals surface area contributed by atoms with Crippen LogP contribution in [0.1, 0.15) is 6.42 Å². The molecule has 5 heteroatoms. The summed E-state index contributed by atoms with van der Waals surface area (Å²) in [6.45, 7) is 0.362. The first-order valence-electron chi connectivity index (χ1n) is 4.34. The van der Waals surface area contributed by atoms with Crippen molar-refractivity contribution >= 4 is 17.6 Å². The zero-order valence-electron chi connectivity index (χ0n) is 7.95. The topological polar surface area (TPSA) is 66.5 Å². The molecule has 0 aromatic rings. The standard InChI is InChI=1S/C9H12N2O3/c1-10-8(13)4-5-11-6-7(12)2-3-9(11)14/h2-3H,4-6H2,1H3,(H,10,13). The minimum absolute atomic E-state index is 0.0757. The fraction of sp³-hybridized carbons (Fsp3) is 0.444. The summed E-state index contributed by atoms with van der Waals surface area (Å²) in [5.74, 6) is -0.463. The summed E-state index contributed by atoms with van der Waals surface area (Å²) in [4.78, 5) is 34.4. The molecular weight excluding hydrogens is 184 g/mol. The van der Waals surface area contributed by atoms with E-state index in [4.69, 9.17) is 0 Å². The molecule has 76 valence electrons. The van der Waals surface area contributed by atoms with Gasteiger partial charge in [-0.3, -0.25) is 14.4 Å². The van der Waals surface area contributed by atoms with E-state index >= 15 is 0 Å². The molecule has 0 aromatic heterocycles. The summed E-state index contributed by atoms with van der Waals surface area (Å²) in [6.07, 6.45) is 2.72. The first kappa shape index (κ1) is 10.4. The predicted octanol–water partition coefficient (Wildman–Crippen LogP) is -0.910. The third-order valence-corrected chi connectivity index (χ3v) is 1.96. The molecule has 0 aromatic carbocycles. The molecule has 2 amide bonds. The van der Waals surface area contributed by atoms with Gasteiger partial charge in [0, 0.05) is 26.1 Å². The van der Waals surface area contributed by atoms with Crippen molar-refractivity contribution in [1.82, 2.24) is 10.2 Å². The van der Waals surface area contributed by atoms with Gasteiger partial charge < -0.3 is 10.2 Å². The van der Waals surface area contributed by atoms with Crippen molar-refractivity contribution in [2.75, 3.05) is 20.1 Å². The van der Waals surface area contributed by atoms with Gasteiger partial charge in [0.1, 0.15) is 0 Å². The van der Waals surface area contributed by atoms with Crippen LogP contribution in [0.5, 0.6) is 0 Å². The third kappa shape index (κ3) is 2.69. The monoisotopic (exact) mass is 196 g/mol. The highest BCUT2D eigenvalue weighted by molar-refractivity contribution is 6.04. The smallest absolute Gasteiger partial charge is 0.247 e. The Bertz CT molecular complexity index is 296. The highest BCUT2D eigenvalue weighted by Gasteiger charge is 2.18. The van der Waals surface area contributed by atoms with Crippen molar-refractivity contribution in [2.24, 2.45) is 0 Å². The molecule has 0 spiro atoms. The number of nitrogens with one attached hydrogen (secondary N) is 1. The predicted molar refractivity (Wildman–Crippen MR) is 49.4 cm³/mol. The van der Waals surface area contributed by atoms with Gasteiger partial charge >= 0.3 is 0 Å². The van der Waals surface area contributed by atoms with Gasteiger partial charge in [0.2, 0.25) is 11.8 Å². The summed E-state index contributed by atoms with van der Waals surface area (Å²) in [5.41, 5.74) is 0. The molecule has 0 radical (unpaired) electrons. The number of hydrogen-bond acceptors (Lipinski definition) is 3. The molecule has 14 heavy (non-hydrogen) atoms. The first-order chi connectivity index (χ1) is 6.63. The molecule has 0 saturated carbocycles. The summed E-state index contributed by atoms with van der Waals surface area (Å²) in [6, 6.07) is 0. The van der Waals surface area contributed by atoms with E-state index in [1.165, 1.54) is 24.1 Å². The molecule has 1 N–H and O–H groups in total. The van der Waals surface area contributed by atoms with Crippen LogP contribution in [0.3, 0.4) is 0 Å². The quantitative estimate of drug-likeness (QED) is 0.635. The molecule has 1 rings (SSSR count). The van der Waals surface area contributed by atoms with Crippen LogP contribution in [-0.4, -0.2) is 42.6 Å². The number of rotatable bonds is 3. The third-order valence-electron chi connectivity index (χ3n) is 1.96. The number of carbonyl (C=O) groups excluding carboxylic acids is 3. The summed E-state index contributed by atoms with van der Waals surface area (Å²) < 4.78 is 0. The Labute approximate surface area is 81.8 Å². The van der Waals surface area contributed by atoms with Crippen LogP contribution in [0.4, 0.5) is 0 Å². The summed E-state index contributed by atoms with van der Waals surface area (Å²) in [5, 5.41) is 2.45. The van der Waals surface area contributed by atoms with Crippen molar-refractivity contribution < 1.29 is 14.4 Å². The Morgan fingerprint density at radius 2 is 2.21 bits per heavy atom. The fourth-order valence-corrected chi connectivity index (χ4v) is 1.14. The lowest BCUT2D eigenvalue weighted by molar-refractivity contribution is -0.132. The summed E-state index contributed by atoms with van der Waals surface area (Å²) in [7, 11) is 1.53. The molecule has 0 unspecified atom stereocenters. The maximum atomic E-state index is 11.2. The van der Waals surface area contributed by atoms with E-state index in [0.29, 0.717) is 0 Å². The maximum absolute atomic E-state index is 11.2. The summed E-state index contributed by atoms with van der Waals surface area (Å²) >= 11 is 0. The molecule has 1 aliphatic heterocycles. The maximum Gasteiger partial charge on any atom is 0.247 e. The molecule has 0 bridgehead atoms. The van der Waals surface area contributed by atoms with Crippen LogP contribution in [0.25, 0.3) is 0 Å². The molecule has 0 aliphatic carbocycles. The van der Waals surface area contributed by atoms with E-state index in [2.05, 4.69) is 5.32 Å². The van der Waals surface area contributed by atoms with E-state index in [9.17, 15) is 14.4 Å². The van der Waals surface area contributed by atoms with E-state index in [1.54, 1.807) is 0 Å². The van der Waals surface area contributed by atoms with Crippen molar-refractivity contribution in [3.8, 4) is 0 Å². The zero-order chi connectivity index (χ0) is 10.6. The number of nitrogens with zero attached hydrogens (tertiary/aromatic N) is 1. The number of hydrogen-bond donors (Lipinski definition) is 1. The Hall–Kier alpha value is -1.65. The van der Waals surface area contributed by atoms with Crippen molar-refractivity contribution in [2.45, 2.75) is 6.42 Å². The van der Waals surface area contributed by atoms with Gasteiger partial charge in [0.15, 0.2) is 5.78 Å². The average Bonchev–Trinajstić information content (AvgIpc) is 2.19. The van der Waals surface area contributed by atoms with Crippen molar-refractivity contribution in [3.63, 3.8) is 0 Å². The van der Waals surface area contributed by atoms with Crippen LogP contribution in [-0.2, 0) is 14.4 Å². The van der Waals surface area contributed by atoms with Gasteiger partial charge in [-0.25, -0.2) is 0 Å². The molecule has 5 nitrogen and oxygen atoms in total. The number of ketones is 1. The van der Waals surface area contributed by atoms with Gasteiger partial charge in [0.05, 0.1) is 6.54 Å². The molecule has 0 saturated heterocycles. The first-order valence-corrected chi connectivity index (χ1v) is 4.34. The molecule has 1 aliphatic rings. The minimum Gasteiger partial charge on any atom is -0.359 e. The number of amides is 2. The fourth-order valence-electron chi connectivity index (χ4n) is 1.14. The lowest BCUT2D eigenvalue weighted by Crippen LogP contribution is -2.39. The van der Waals surface area contributed by atoms with Gasteiger partial charge in [-0.2, -0.15) is 0 Å². The van der Waals surface area contributed by atoms with Crippen LogP contribution < -0.4 is 5.32 Å².